The number of rotatable bonds is 46. The molecule has 0 saturated heterocycles. The molecule has 0 fully saturated rings. The number of hydrogen-bond donors (Lipinski definition) is 0. The summed E-state index contributed by atoms with van der Waals surface area (Å²) < 4.78 is 16.8. The van der Waals surface area contributed by atoms with Crippen molar-refractivity contribution in [2.75, 3.05) is 13.2 Å². The van der Waals surface area contributed by atoms with Crippen molar-refractivity contribution in [3.05, 3.63) is 60.8 Å². The van der Waals surface area contributed by atoms with Crippen molar-refractivity contribution in [1.82, 2.24) is 0 Å². The molecular weight excluding hydrogens is 757 g/mol. The third kappa shape index (κ3) is 48.0. The van der Waals surface area contributed by atoms with Crippen molar-refractivity contribution >= 4 is 17.9 Å². The van der Waals surface area contributed by atoms with Crippen molar-refractivity contribution in [3.63, 3.8) is 0 Å². The van der Waals surface area contributed by atoms with Crippen LogP contribution < -0.4 is 0 Å². The Labute approximate surface area is 377 Å². The highest BCUT2D eigenvalue weighted by molar-refractivity contribution is 5.71. The number of esters is 3. The zero-order valence-corrected chi connectivity index (χ0v) is 40.2. The second-order valence-electron chi connectivity index (χ2n) is 17.1. The summed E-state index contributed by atoms with van der Waals surface area (Å²) in [5, 5.41) is 0. The van der Waals surface area contributed by atoms with E-state index in [1.807, 2.05) is 0 Å². The van der Waals surface area contributed by atoms with Crippen LogP contribution in [0.2, 0.25) is 0 Å². The normalized spacial score (nSPS) is 12.5. The van der Waals surface area contributed by atoms with Crippen LogP contribution in [0.1, 0.15) is 252 Å². The van der Waals surface area contributed by atoms with Gasteiger partial charge in [-0.1, -0.05) is 204 Å². The summed E-state index contributed by atoms with van der Waals surface area (Å²) >= 11 is 0. The lowest BCUT2D eigenvalue weighted by atomic mass is 10.1. The van der Waals surface area contributed by atoms with Gasteiger partial charge in [0.1, 0.15) is 13.2 Å². The molecule has 1 unspecified atom stereocenters. The third-order valence-corrected chi connectivity index (χ3v) is 11.0. The molecule has 6 nitrogen and oxygen atoms in total. The van der Waals surface area contributed by atoms with E-state index in [-0.39, 0.29) is 31.1 Å². The predicted molar refractivity (Wildman–Crippen MR) is 261 cm³/mol. The maximum atomic E-state index is 12.8. The van der Waals surface area contributed by atoms with Gasteiger partial charge in [-0.2, -0.15) is 0 Å². The minimum Gasteiger partial charge on any atom is -0.462 e. The van der Waals surface area contributed by atoms with Crippen molar-refractivity contribution in [3.8, 4) is 0 Å². The first-order valence-corrected chi connectivity index (χ1v) is 25.8. The molecule has 0 spiro atoms. The van der Waals surface area contributed by atoms with Crippen molar-refractivity contribution in [2.45, 2.75) is 258 Å². The maximum absolute atomic E-state index is 12.8. The highest BCUT2D eigenvalue weighted by Crippen LogP contribution is 2.14. The minimum atomic E-state index is -0.786. The highest BCUT2D eigenvalue weighted by atomic mass is 16.6. The van der Waals surface area contributed by atoms with E-state index in [9.17, 15) is 14.4 Å². The number of allylic oxidation sites excluding steroid dienone is 10. The number of hydrogen-bond acceptors (Lipinski definition) is 6. The summed E-state index contributed by atoms with van der Waals surface area (Å²) in [5.74, 6) is -0.915. The molecule has 0 N–H and O–H groups in total. The summed E-state index contributed by atoms with van der Waals surface area (Å²) in [6, 6.07) is 0. The Balaban J connectivity index is 4.42. The summed E-state index contributed by atoms with van der Waals surface area (Å²) in [6.07, 6.45) is 60.6. The van der Waals surface area contributed by atoms with Crippen molar-refractivity contribution in [1.29, 1.82) is 0 Å². The molecule has 0 bridgehead atoms. The van der Waals surface area contributed by atoms with E-state index in [1.54, 1.807) is 0 Å². The Kier molecular flexibility index (Phi) is 47.4. The molecule has 0 aliphatic carbocycles. The Hall–Kier alpha value is -2.89. The van der Waals surface area contributed by atoms with Crippen LogP contribution in [0.15, 0.2) is 60.8 Å². The first-order chi connectivity index (χ1) is 30.0. The topological polar surface area (TPSA) is 78.9 Å². The monoisotopic (exact) mass is 853 g/mol. The lowest BCUT2D eigenvalue weighted by Crippen LogP contribution is -2.30. The van der Waals surface area contributed by atoms with Gasteiger partial charge in [-0.3, -0.25) is 14.4 Å². The van der Waals surface area contributed by atoms with Gasteiger partial charge in [0.05, 0.1) is 0 Å². The van der Waals surface area contributed by atoms with Crippen LogP contribution >= 0.6 is 0 Å². The number of unbranched alkanes of at least 4 members (excludes halogenated alkanes) is 27. The van der Waals surface area contributed by atoms with Crippen LogP contribution in [0, 0.1) is 0 Å². The molecule has 352 valence electrons. The van der Waals surface area contributed by atoms with Gasteiger partial charge in [0.25, 0.3) is 0 Å². The largest absolute Gasteiger partial charge is 0.462 e. The summed E-state index contributed by atoms with van der Waals surface area (Å²) in [5.41, 5.74) is 0. The van der Waals surface area contributed by atoms with E-state index in [4.69, 9.17) is 14.2 Å². The molecule has 1 atom stereocenters. The minimum absolute atomic E-state index is 0.0867. The Morgan fingerprint density at radius 3 is 1.07 bits per heavy atom. The number of ether oxygens (including phenoxy) is 3. The molecule has 0 aromatic heterocycles. The first kappa shape index (κ1) is 58.1. The average Bonchev–Trinajstić information content (AvgIpc) is 3.26. The molecule has 0 aliphatic heterocycles. The van der Waals surface area contributed by atoms with Gasteiger partial charge < -0.3 is 14.2 Å². The summed E-state index contributed by atoms with van der Waals surface area (Å²) in [7, 11) is 0. The second-order valence-corrected chi connectivity index (χ2v) is 17.1. The third-order valence-electron chi connectivity index (χ3n) is 11.0. The maximum Gasteiger partial charge on any atom is 0.306 e. The molecule has 0 saturated carbocycles. The fraction of sp³-hybridized carbons (Fsp3) is 0.764. The smallest absolute Gasteiger partial charge is 0.306 e. The van der Waals surface area contributed by atoms with Crippen LogP contribution in [-0.4, -0.2) is 37.2 Å². The van der Waals surface area contributed by atoms with Crippen LogP contribution in [0.25, 0.3) is 0 Å². The van der Waals surface area contributed by atoms with Crippen LogP contribution in [-0.2, 0) is 28.6 Å². The summed E-state index contributed by atoms with van der Waals surface area (Å²) in [4.78, 5) is 38.0. The molecule has 0 aliphatic rings. The van der Waals surface area contributed by atoms with Crippen molar-refractivity contribution in [2.24, 2.45) is 0 Å². The lowest BCUT2D eigenvalue weighted by molar-refractivity contribution is -0.167. The quantitative estimate of drug-likeness (QED) is 0.0200. The molecule has 0 amide bonds. The Morgan fingerprint density at radius 1 is 0.344 bits per heavy atom. The number of carbonyl (C=O) groups is 3. The van der Waals surface area contributed by atoms with Gasteiger partial charge in [0, 0.05) is 19.3 Å². The summed E-state index contributed by atoms with van der Waals surface area (Å²) in [6.45, 7) is 6.47. The van der Waals surface area contributed by atoms with Crippen LogP contribution in [0.5, 0.6) is 0 Å². The second kappa shape index (κ2) is 49.8. The Bertz CT molecular complexity index is 1120. The molecule has 6 heteroatoms. The van der Waals surface area contributed by atoms with E-state index >= 15 is 0 Å². The van der Waals surface area contributed by atoms with E-state index in [1.165, 1.54) is 128 Å². The standard InChI is InChI=1S/C55H96O6/c1-4-7-10-13-16-19-22-25-27-30-33-36-39-42-45-48-54(57)60-51-52(50-59-53(56)47-44-41-38-35-32-29-24-21-18-15-12-9-6-3)61-55(58)49-46-43-40-37-34-31-28-26-23-20-17-14-11-8-5-2/h7,10,13,16,19-20,22-23,29,32,52H,4-6,8-9,11-12,14-15,17-18,21,24-28,30-31,33-51H2,1-3H3/b10-7-,16-13-,22-19-,23-20-,32-29-. The molecule has 0 heterocycles. The van der Waals surface area contributed by atoms with Crippen LogP contribution in [0.3, 0.4) is 0 Å². The molecule has 0 rings (SSSR count). The van der Waals surface area contributed by atoms with Crippen LogP contribution in [0.4, 0.5) is 0 Å². The predicted octanol–water partition coefficient (Wildman–Crippen LogP) is 16.9. The molecule has 0 radical (unpaired) electrons. The zero-order chi connectivity index (χ0) is 44.4. The lowest BCUT2D eigenvalue weighted by Gasteiger charge is -2.18. The molecule has 0 aromatic rings. The Morgan fingerprint density at radius 2 is 0.656 bits per heavy atom. The molecular formula is C55H96O6. The van der Waals surface area contributed by atoms with Gasteiger partial charge >= 0.3 is 17.9 Å². The van der Waals surface area contributed by atoms with Gasteiger partial charge in [0.15, 0.2) is 6.10 Å². The SMILES string of the molecule is CC\C=C/C=C\C=C/CCCCCCCCCC(=O)OCC(COC(=O)CCCCC/C=C\CCCCCCCC)OC(=O)CCCCCCCCC/C=C\CCCCCC. The van der Waals surface area contributed by atoms with E-state index in [2.05, 4.69) is 81.5 Å². The fourth-order valence-electron chi connectivity index (χ4n) is 7.14. The molecule has 61 heavy (non-hydrogen) atoms. The van der Waals surface area contributed by atoms with Crippen molar-refractivity contribution < 1.29 is 28.6 Å². The highest BCUT2D eigenvalue weighted by Gasteiger charge is 2.19. The van der Waals surface area contributed by atoms with Gasteiger partial charge in [-0.15, -0.1) is 0 Å². The van der Waals surface area contributed by atoms with E-state index in [0.717, 1.165) is 83.5 Å². The molecule has 0 aromatic carbocycles. The first-order valence-electron chi connectivity index (χ1n) is 25.8. The van der Waals surface area contributed by atoms with Gasteiger partial charge in [-0.05, 0) is 89.9 Å². The van der Waals surface area contributed by atoms with E-state index in [0.29, 0.717) is 19.3 Å². The zero-order valence-electron chi connectivity index (χ0n) is 40.2. The average molecular weight is 853 g/mol. The van der Waals surface area contributed by atoms with Gasteiger partial charge in [-0.25, -0.2) is 0 Å². The fourth-order valence-corrected chi connectivity index (χ4v) is 7.14. The van der Waals surface area contributed by atoms with Gasteiger partial charge in [0.2, 0.25) is 0 Å². The van der Waals surface area contributed by atoms with E-state index < -0.39 is 6.10 Å². The number of carbonyl (C=O) groups excluding carboxylic acids is 3.